The van der Waals surface area contributed by atoms with Gasteiger partial charge < -0.3 is 9.84 Å². The lowest BCUT2D eigenvalue weighted by Gasteiger charge is -2.72. The molecule has 10 unspecified atom stereocenters. The summed E-state index contributed by atoms with van der Waals surface area (Å²) in [6.07, 6.45) is 9.72. The van der Waals surface area contributed by atoms with Crippen molar-refractivity contribution >= 4 is 11.9 Å². The van der Waals surface area contributed by atoms with E-state index in [1.165, 1.54) is 29.8 Å². The molecule has 5 heteroatoms. The predicted octanol–water partition coefficient (Wildman–Crippen LogP) is 9.09. The lowest BCUT2D eigenvalue weighted by Crippen LogP contribution is -2.67. The molecule has 0 saturated heterocycles. The Kier molecular flexibility index (Phi) is 6.88. The number of aliphatic carboxylic acids is 1. The Morgan fingerprint density at radius 1 is 0.857 bits per heavy atom. The van der Waals surface area contributed by atoms with Gasteiger partial charge in [0.2, 0.25) is 0 Å². The number of benzene rings is 1. The van der Waals surface area contributed by atoms with Gasteiger partial charge in [0.1, 0.15) is 11.9 Å². The van der Waals surface area contributed by atoms with E-state index in [0.29, 0.717) is 29.2 Å². The third kappa shape index (κ3) is 3.89. The molecule has 0 aliphatic heterocycles. The van der Waals surface area contributed by atoms with Crippen molar-refractivity contribution in [2.24, 2.45) is 56.7 Å². The van der Waals surface area contributed by atoms with Gasteiger partial charge in [-0.1, -0.05) is 46.8 Å². The van der Waals surface area contributed by atoms with E-state index in [-0.39, 0.29) is 45.5 Å². The number of hydrogen-bond acceptors (Lipinski definition) is 3. The van der Waals surface area contributed by atoms with Crippen LogP contribution in [-0.2, 0) is 9.53 Å². The summed E-state index contributed by atoms with van der Waals surface area (Å²) in [5.41, 5.74) is 1.18. The van der Waals surface area contributed by atoms with Crippen molar-refractivity contribution in [3.63, 3.8) is 0 Å². The van der Waals surface area contributed by atoms with Crippen LogP contribution in [0.1, 0.15) is 116 Å². The minimum Gasteiger partial charge on any atom is -0.481 e. The maximum Gasteiger partial charge on any atom is 0.338 e. The molecule has 0 heterocycles. The number of ether oxygens (including phenoxy) is 1. The Morgan fingerprint density at radius 3 is 2.19 bits per heavy atom. The van der Waals surface area contributed by atoms with Crippen LogP contribution in [0.25, 0.3) is 0 Å². The number of esters is 1. The van der Waals surface area contributed by atoms with Gasteiger partial charge in [-0.15, -0.1) is 0 Å². The molecule has 1 N–H and O–H groups in total. The molecule has 5 fully saturated rings. The van der Waals surface area contributed by atoms with Crippen molar-refractivity contribution in [1.29, 1.82) is 0 Å². The minimum absolute atomic E-state index is 0.0988. The zero-order valence-electron chi connectivity index (χ0n) is 26.6. The fraction of sp³-hybridized carbons (Fsp3) is 0.730. The molecule has 42 heavy (non-hydrogen) atoms. The van der Waals surface area contributed by atoms with Gasteiger partial charge in [0, 0.05) is 5.41 Å². The maximum atomic E-state index is 13.4. The summed E-state index contributed by atoms with van der Waals surface area (Å²) in [7, 11) is 0. The van der Waals surface area contributed by atoms with Crippen LogP contribution < -0.4 is 0 Å². The highest BCUT2D eigenvalue weighted by atomic mass is 19.1. The van der Waals surface area contributed by atoms with Gasteiger partial charge in [-0.05, 0) is 141 Å². The number of allylic oxidation sites excluding steroid dienone is 1. The van der Waals surface area contributed by atoms with Crippen molar-refractivity contribution in [2.75, 3.05) is 0 Å². The van der Waals surface area contributed by atoms with E-state index in [1.54, 1.807) is 0 Å². The van der Waals surface area contributed by atoms with Crippen molar-refractivity contribution in [2.45, 2.75) is 112 Å². The average molecular weight is 579 g/mol. The summed E-state index contributed by atoms with van der Waals surface area (Å²) < 4.78 is 19.6. The molecule has 5 saturated carbocycles. The number of carbonyl (C=O) groups is 2. The fourth-order valence-electron chi connectivity index (χ4n) is 12.5. The Labute approximate surface area is 251 Å². The van der Waals surface area contributed by atoms with Crippen LogP contribution in [0.3, 0.4) is 0 Å². The molecule has 5 aliphatic carbocycles. The molecule has 6 rings (SSSR count). The second-order valence-corrected chi connectivity index (χ2v) is 16.4. The number of rotatable bonds is 4. The summed E-state index contributed by atoms with van der Waals surface area (Å²) in [5.74, 6) is 0.599. The van der Waals surface area contributed by atoms with Crippen LogP contribution in [-0.4, -0.2) is 23.1 Å². The zero-order valence-corrected chi connectivity index (χ0v) is 26.6. The summed E-state index contributed by atoms with van der Waals surface area (Å²) >= 11 is 0. The first-order valence-electron chi connectivity index (χ1n) is 16.5. The lowest BCUT2D eigenvalue weighted by molar-refractivity contribution is -0.248. The van der Waals surface area contributed by atoms with E-state index in [0.717, 1.165) is 64.2 Å². The standard InChI is InChI=1S/C37H51FO4/c1-22(2)25-14-19-37(32(40)41)21-20-35(6)26(30(25)37)12-13-28-34(5)17-16-29(33(3,4)27(34)15-18-36(28,35)7)42-31(39)23-8-10-24(38)11-9-23/h8-11,25-30H,1,12-21H2,2-7H3,(H,40,41). The summed E-state index contributed by atoms with van der Waals surface area (Å²) in [6, 6.07) is 5.65. The van der Waals surface area contributed by atoms with Gasteiger partial charge in [0.25, 0.3) is 0 Å². The molecular weight excluding hydrogens is 527 g/mol. The molecule has 1 aromatic carbocycles. The number of carboxylic acid groups (broad SMARTS) is 1. The number of carbonyl (C=O) groups excluding carboxylic acids is 1. The van der Waals surface area contributed by atoms with Gasteiger partial charge in [-0.3, -0.25) is 4.79 Å². The number of halogens is 1. The second kappa shape index (κ2) is 9.66. The third-order valence-electron chi connectivity index (χ3n) is 14.8. The van der Waals surface area contributed by atoms with E-state index < -0.39 is 11.4 Å². The minimum atomic E-state index is -0.591. The highest BCUT2D eigenvalue weighted by molar-refractivity contribution is 5.89. The molecule has 1 aromatic rings. The van der Waals surface area contributed by atoms with Crippen molar-refractivity contribution in [3.05, 3.63) is 47.8 Å². The van der Waals surface area contributed by atoms with E-state index in [9.17, 15) is 19.1 Å². The number of carboxylic acids is 1. The largest absolute Gasteiger partial charge is 0.481 e. The van der Waals surface area contributed by atoms with Crippen molar-refractivity contribution in [3.8, 4) is 0 Å². The molecule has 0 radical (unpaired) electrons. The molecular formula is C37H51FO4. The van der Waals surface area contributed by atoms with Crippen LogP contribution >= 0.6 is 0 Å². The molecule has 5 aliphatic rings. The smallest absolute Gasteiger partial charge is 0.338 e. The fourth-order valence-corrected chi connectivity index (χ4v) is 12.5. The van der Waals surface area contributed by atoms with Crippen molar-refractivity contribution in [1.82, 2.24) is 0 Å². The molecule has 230 valence electrons. The second-order valence-electron chi connectivity index (χ2n) is 16.4. The van der Waals surface area contributed by atoms with Gasteiger partial charge in [0.05, 0.1) is 11.0 Å². The quantitative estimate of drug-likeness (QED) is 0.286. The SMILES string of the molecule is C=C(C)C1CCC2(C(=O)O)CCC3(C)C(CCC4C5(C)CCC(OC(=O)c6ccc(F)cc6)C(C)(C)C5CCC43C)C12. The summed E-state index contributed by atoms with van der Waals surface area (Å²) in [4.78, 5) is 26.0. The van der Waals surface area contributed by atoms with Gasteiger partial charge in [-0.2, -0.15) is 0 Å². The first kappa shape index (κ1) is 29.9. The summed E-state index contributed by atoms with van der Waals surface area (Å²) in [6.45, 7) is 18.7. The van der Waals surface area contributed by atoms with Crippen LogP contribution in [0.15, 0.2) is 36.4 Å². The monoisotopic (exact) mass is 578 g/mol. The number of hydrogen-bond donors (Lipinski definition) is 1. The van der Waals surface area contributed by atoms with Crippen LogP contribution in [0.4, 0.5) is 4.39 Å². The Morgan fingerprint density at radius 2 is 1.55 bits per heavy atom. The third-order valence-corrected chi connectivity index (χ3v) is 14.8. The van der Waals surface area contributed by atoms with Crippen LogP contribution in [0.2, 0.25) is 0 Å². The molecule has 0 bridgehead atoms. The lowest BCUT2D eigenvalue weighted by atomic mass is 9.32. The molecule has 0 amide bonds. The highest BCUT2D eigenvalue weighted by Gasteiger charge is 2.72. The topological polar surface area (TPSA) is 63.6 Å². The van der Waals surface area contributed by atoms with Gasteiger partial charge in [0.15, 0.2) is 0 Å². The van der Waals surface area contributed by atoms with E-state index in [2.05, 4.69) is 48.1 Å². The predicted molar refractivity (Wildman–Crippen MR) is 162 cm³/mol. The molecule has 0 aromatic heterocycles. The van der Waals surface area contributed by atoms with Crippen LogP contribution in [0, 0.1) is 62.5 Å². The Bertz CT molecular complexity index is 1280. The number of fused-ring (bicyclic) bond motifs is 7. The molecule has 4 nitrogen and oxygen atoms in total. The first-order chi connectivity index (χ1) is 19.6. The molecule has 0 spiro atoms. The Hall–Kier alpha value is -2.17. The highest BCUT2D eigenvalue weighted by Crippen LogP contribution is 2.77. The Balaban J connectivity index is 1.29. The van der Waals surface area contributed by atoms with E-state index in [1.807, 2.05) is 0 Å². The van der Waals surface area contributed by atoms with Crippen LogP contribution in [0.5, 0.6) is 0 Å². The van der Waals surface area contributed by atoms with E-state index >= 15 is 0 Å². The average Bonchev–Trinajstić information content (AvgIpc) is 3.33. The maximum absolute atomic E-state index is 13.4. The van der Waals surface area contributed by atoms with Gasteiger partial charge in [-0.25, -0.2) is 9.18 Å². The van der Waals surface area contributed by atoms with E-state index in [4.69, 9.17) is 4.74 Å². The normalized spacial score (nSPS) is 45.5. The van der Waals surface area contributed by atoms with Crippen molar-refractivity contribution < 1.29 is 23.8 Å². The zero-order chi connectivity index (χ0) is 30.5. The van der Waals surface area contributed by atoms with Gasteiger partial charge >= 0.3 is 11.9 Å². The first-order valence-corrected chi connectivity index (χ1v) is 16.5. The molecule has 10 atom stereocenters. The summed E-state index contributed by atoms with van der Waals surface area (Å²) in [5, 5.41) is 10.6.